The van der Waals surface area contributed by atoms with E-state index < -0.39 is 0 Å². The smallest absolute Gasteiger partial charge is 0.0434 e. The Morgan fingerprint density at radius 1 is 1.24 bits per heavy atom. The molecule has 17 heavy (non-hydrogen) atoms. The van der Waals surface area contributed by atoms with Gasteiger partial charge >= 0.3 is 0 Å². The second-order valence-corrected chi connectivity index (χ2v) is 6.38. The fourth-order valence-electron chi connectivity index (χ4n) is 3.05. The van der Waals surface area contributed by atoms with Gasteiger partial charge in [-0.1, -0.05) is 33.6 Å². The summed E-state index contributed by atoms with van der Waals surface area (Å²) in [5, 5.41) is 12.6. The first kappa shape index (κ1) is 15.0. The third kappa shape index (κ3) is 6.42. The zero-order valence-electron chi connectivity index (χ0n) is 11.9. The Kier molecular flexibility index (Phi) is 7.14. The lowest BCUT2D eigenvalue weighted by molar-refractivity contribution is 0.231. The standard InChI is InChI=1S/C15H31NO/c1-12(2)9-14-5-4-6-15(10-14)16-11-13(3)7-8-17/h12-17H,4-11H2,1-3H3. The predicted octanol–water partition coefficient (Wildman–Crippen LogP) is 3.20. The van der Waals surface area contributed by atoms with Gasteiger partial charge in [0, 0.05) is 12.6 Å². The van der Waals surface area contributed by atoms with E-state index in [2.05, 4.69) is 26.1 Å². The number of nitrogens with one attached hydrogen (secondary N) is 1. The van der Waals surface area contributed by atoms with Gasteiger partial charge in [-0.3, -0.25) is 0 Å². The molecule has 0 amide bonds. The molecule has 0 aromatic rings. The molecule has 1 rings (SSSR count). The first-order chi connectivity index (χ1) is 8.11. The van der Waals surface area contributed by atoms with E-state index in [4.69, 9.17) is 5.11 Å². The summed E-state index contributed by atoms with van der Waals surface area (Å²) in [5.41, 5.74) is 0. The number of rotatable bonds is 7. The van der Waals surface area contributed by atoms with Crippen LogP contribution in [-0.2, 0) is 0 Å². The molecule has 1 aliphatic carbocycles. The predicted molar refractivity (Wildman–Crippen MR) is 74.1 cm³/mol. The summed E-state index contributed by atoms with van der Waals surface area (Å²) in [6.07, 6.45) is 7.86. The molecule has 102 valence electrons. The van der Waals surface area contributed by atoms with Crippen LogP contribution in [0.3, 0.4) is 0 Å². The molecular formula is C15H31NO. The van der Waals surface area contributed by atoms with Crippen LogP contribution in [0.5, 0.6) is 0 Å². The summed E-state index contributed by atoms with van der Waals surface area (Å²) < 4.78 is 0. The summed E-state index contributed by atoms with van der Waals surface area (Å²) >= 11 is 0. The van der Waals surface area contributed by atoms with E-state index in [1.54, 1.807) is 0 Å². The Labute approximate surface area is 107 Å². The molecule has 1 fully saturated rings. The van der Waals surface area contributed by atoms with Gasteiger partial charge in [0.05, 0.1) is 0 Å². The summed E-state index contributed by atoms with van der Waals surface area (Å²) in [6, 6.07) is 0.730. The maximum absolute atomic E-state index is 8.89. The van der Waals surface area contributed by atoms with Crippen LogP contribution >= 0.6 is 0 Å². The highest BCUT2D eigenvalue weighted by Gasteiger charge is 2.22. The van der Waals surface area contributed by atoms with E-state index in [1.165, 1.54) is 32.1 Å². The van der Waals surface area contributed by atoms with Gasteiger partial charge in [0.2, 0.25) is 0 Å². The van der Waals surface area contributed by atoms with Crippen molar-refractivity contribution in [3.8, 4) is 0 Å². The zero-order chi connectivity index (χ0) is 12.7. The molecule has 0 aromatic heterocycles. The molecule has 0 radical (unpaired) electrons. The van der Waals surface area contributed by atoms with Crippen molar-refractivity contribution in [3.63, 3.8) is 0 Å². The monoisotopic (exact) mass is 241 g/mol. The topological polar surface area (TPSA) is 32.3 Å². The summed E-state index contributed by atoms with van der Waals surface area (Å²) in [7, 11) is 0. The van der Waals surface area contributed by atoms with Crippen molar-refractivity contribution in [2.24, 2.45) is 17.8 Å². The lowest BCUT2D eigenvalue weighted by Crippen LogP contribution is -2.37. The summed E-state index contributed by atoms with van der Waals surface area (Å²) in [4.78, 5) is 0. The normalized spacial score (nSPS) is 27.4. The van der Waals surface area contributed by atoms with E-state index in [9.17, 15) is 0 Å². The lowest BCUT2D eigenvalue weighted by Gasteiger charge is -2.31. The van der Waals surface area contributed by atoms with Crippen molar-refractivity contribution in [2.45, 2.75) is 65.3 Å². The van der Waals surface area contributed by atoms with Gasteiger partial charge in [0.1, 0.15) is 0 Å². The number of hydrogen-bond donors (Lipinski definition) is 2. The fraction of sp³-hybridized carbons (Fsp3) is 1.00. The molecule has 0 spiro atoms. The molecule has 2 N–H and O–H groups in total. The van der Waals surface area contributed by atoms with Gasteiger partial charge in [0.25, 0.3) is 0 Å². The van der Waals surface area contributed by atoms with Crippen LogP contribution in [0.4, 0.5) is 0 Å². The second kappa shape index (κ2) is 8.10. The number of hydrogen-bond acceptors (Lipinski definition) is 2. The van der Waals surface area contributed by atoms with Gasteiger partial charge in [-0.15, -0.1) is 0 Å². The van der Waals surface area contributed by atoms with E-state index in [0.717, 1.165) is 30.8 Å². The summed E-state index contributed by atoms with van der Waals surface area (Å²) in [6.45, 7) is 8.28. The fourth-order valence-corrected chi connectivity index (χ4v) is 3.05. The molecule has 2 nitrogen and oxygen atoms in total. The molecule has 3 atom stereocenters. The van der Waals surface area contributed by atoms with Crippen molar-refractivity contribution in [1.82, 2.24) is 5.32 Å². The SMILES string of the molecule is CC(C)CC1CCCC(NCC(C)CCO)C1. The largest absolute Gasteiger partial charge is 0.396 e. The molecular weight excluding hydrogens is 210 g/mol. The van der Waals surface area contributed by atoms with Crippen LogP contribution in [0, 0.1) is 17.8 Å². The quantitative estimate of drug-likeness (QED) is 0.717. The van der Waals surface area contributed by atoms with Gasteiger partial charge in [-0.2, -0.15) is 0 Å². The van der Waals surface area contributed by atoms with Crippen LogP contribution in [0.2, 0.25) is 0 Å². The van der Waals surface area contributed by atoms with Gasteiger partial charge in [-0.05, 0) is 50.0 Å². The third-order valence-electron chi connectivity index (χ3n) is 3.96. The van der Waals surface area contributed by atoms with E-state index in [0.29, 0.717) is 12.5 Å². The Hall–Kier alpha value is -0.0800. The van der Waals surface area contributed by atoms with Gasteiger partial charge < -0.3 is 10.4 Å². The van der Waals surface area contributed by atoms with Crippen LogP contribution in [-0.4, -0.2) is 24.3 Å². The van der Waals surface area contributed by atoms with E-state index >= 15 is 0 Å². The number of aliphatic hydroxyl groups excluding tert-OH is 1. The summed E-state index contributed by atoms with van der Waals surface area (Å²) in [5.74, 6) is 2.38. The van der Waals surface area contributed by atoms with Crippen molar-refractivity contribution in [2.75, 3.05) is 13.2 Å². The number of aliphatic hydroxyl groups is 1. The van der Waals surface area contributed by atoms with Gasteiger partial charge in [-0.25, -0.2) is 0 Å². The Bertz CT molecular complexity index is 193. The van der Waals surface area contributed by atoms with Crippen LogP contribution in [0.15, 0.2) is 0 Å². The van der Waals surface area contributed by atoms with E-state index in [1.807, 2.05) is 0 Å². The van der Waals surface area contributed by atoms with Crippen molar-refractivity contribution >= 4 is 0 Å². The minimum atomic E-state index is 0.323. The van der Waals surface area contributed by atoms with Crippen LogP contribution in [0.1, 0.15) is 59.3 Å². The van der Waals surface area contributed by atoms with Crippen LogP contribution < -0.4 is 5.32 Å². The van der Waals surface area contributed by atoms with Crippen molar-refractivity contribution < 1.29 is 5.11 Å². The minimum absolute atomic E-state index is 0.323. The molecule has 3 unspecified atom stereocenters. The maximum atomic E-state index is 8.89. The zero-order valence-corrected chi connectivity index (χ0v) is 11.9. The Balaban J connectivity index is 2.20. The Morgan fingerprint density at radius 3 is 2.65 bits per heavy atom. The van der Waals surface area contributed by atoms with Gasteiger partial charge in [0.15, 0.2) is 0 Å². The lowest BCUT2D eigenvalue weighted by atomic mass is 9.81. The average molecular weight is 241 g/mol. The third-order valence-corrected chi connectivity index (χ3v) is 3.96. The minimum Gasteiger partial charge on any atom is -0.396 e. The highest BCUT2D eigenvalue weighted by Crippen LogP contribution is 2.29. The molecule has 1 aliphatic rings. The molecule has 2 heteroatoms. The second-order valence-electron chi connectivity index (χ2n) is 6.38. The van der Waals surface area contributed by atoms with Crippen LogP contribution in [0.25, 0.3) is 0 Å². The highest BCUT2D eigenvalue weighted by molar-refractivity contribution is 4.79. The highest BCUT2D eigenvalue weighted by atomic mass is 16.3. The molecule has 0 saturated heterocycles. The molecule has 0 aliphatic heterocycles. The Morgan fingerprint density at radius 2 is 2.00 bits per heavy atom. The maximum Gasteiger partial charge on any atom is 0.0434 e. The van der Waals surface area contributed by atoms with Crippen molar-refractivity contribution in [1.29, 1.82) is 0 Å². The first-order valence-electron chi connectivity index (χ1n) is 7.46. The molecule has 0 heterocycles. The molecule has 0 bridgehead atoms. The first-order valence-corrected chi connectivity index (χ1v) is 7.46. The molecule has 0 aromatic carbocycles. The van der Waals surface area contributed by atoms with E-state index in [-0.39, 0.29) is 0 Å². The average Bonchev–Trinajstić information content (AvgIpc) is 2.26. The molecule has 1 saturated carbocycles. The van der Waals surface area contributed by atoms with Crippen molar-refractivity contribution in [3.05, 3.63) is 0 Å².